The third kappa shape index (κ3) is 4.89. The summed E-state index contributed by atoms with van der Waals surface area (Å²) in [6.45, 7) is 4.85. The van der Waals surface area contributed by atoms with Crippen LogP contribution < -0.4 is 4.74 Å². The standard InChI is InChI=1S/C14H20O3/c1-3-9-17-13-8-7-12(11(2)10-13)5-4-6-14(15)16/h7-8,10H,3-6,9H2,1-2H3,(H,15,16). The monoisotopic (exact) mass is 236 g/mol. The quantitative estimate of drug-likeness (QED) is 0.790. The Hall–Kier alpha value is -1.51. The molecule has 0 spiro atoms. The Balaban J connectivity index is 2.53. The van der Waals surface area contributed by atoms with Crippen molar-refractivity contribution in [3.63, 3.8) is 0 Å². The van der Waals surface area contributed by atoms with E-state index >= 15 is 0 Å². The minimum absolute atomic E-state index is 0.230. The van der Waals surface area contributed by atoms with Crippen LogP contribution in [0.2, 0.25) is 0 Å². The van der Waals surface area contributed by atoms with Crippen LogP contribution in [0.15, 0.2) is 18.2 Å². The van der Waals surface area contributed by atoms with Crippen molar-refractivity contribution in [2.45, 2.75) is 39.5 Å². The summed E-state index contributed by atoms with van der Waals surface area (Å²) in [6.07, 6.45) is 2.73. The van der Waals surface area contributed by atoms with Gasteiger partial charge in [0.2, 0.25) is 0 Å². The molecule has 17 heavy (non-hydrogen) atoms. The van der Waals surface area contributed by atoms with Crippen molar-refractivity contribution < 1.29 is 14.6 Å². The third-order valence-electron chi connectivity index (χ3n) is 2.62. The summed E-state index contributed by atoms with van der Waals surface area (Å²) in [5.74, 6) is 0.164. The van der Waals surface area contributed by atoms with Gasteiger partial charge < -0.3 is 9.84 Å². The molecule has 0 unspecified atom stereocenters. The van der Waals surface area contributed by atoms with Crippen molar-refractivity contribution in [1.82, 2.24) is 0 Å². The molecule has 3 nitrogen and oxygen atoms in total. The van der Waals surface area contributed by atoms with Crippen molar-refractivity contribution in [2.75, 3.05) is 6.61 Å². The molecule has 0 aromatic heterocycles. The number of rotatable bonds is 7. The molecule has 0 saturated carbocycles. The summed E-state index contributed by atoms with van der Waals surface area (Å²) < 4.78 is 5.54. The number of aryl methyl sites for hydroxylation is 2. The van der Waals surface area contributed by atoms with E-state index in [4.69, 9.17) is 9.84 Å². The fraction of sp³-hybridized carbons (Fsp3) is 0.500. The SMILES string of the molecule is CCCOc1ccc(CCCC(=O)O)c(C)c1. The number of hydrogen-bond acceptors (Lipinski definition) is 2. The van der Waals surface area contributed by atoms with Gasteiger partial charge in [0.25, 0.3) is 0 Å². The number of carboxylic acids is 1. The van der Waals surface area contributed by atoms with Gasteiger partial charge in [-0.15, -0.1) is 0 Å². The van der Waals surface area contributed by atoms with Crippen LogP contribution in [0.4, 0.5) is 0 Å². The number of benzene rings is 1. The second-order valence-electron chi connectivity index (χ2n) is 4.18. The number of ether oxygens (including phenoxy) is 1. The molecule has 3 heteroatoms. The van der Waals surface area contributed by atoms with Crippen LogP contribution in [-0.4, -0.2) is 17.7 Å². The predicted octanol–water partition coefficient (Wildman–Crippen LogP) is 3.19. The van der Waals surface area contributed by atoms with Gasteiger partial charge in [0.05, 0.1) is 6.61 Å². The van der Waals surface area contributed by atoms with E-state index in [0.717, 1.165) is 25.2 Å². The largest absolute Gasteiger partial charge is 0.494 e. The molecule has 0 aliphatic carbocycles. The van der Waals surface area contributed by atoms with E-state index in [9.17, 15) is 4.79 Å². The van der Waals surface area contributed by atoms with Gasteiger partial charge in [0.1, 0.15) is 5.75 Å². The van der Waals surface area contributed by atoms with E-state index in [-0.39, 0.29) is 6.42 Å². The molecule has 1 rings (SSSR count). The second kappa shape index (κ2) is 6.94. The fourth-order valence-corrected chi connectivity index (χ4v) is 1.69. The molecule has 0 fully saturated rings. The molecule has 0 heterocycles. The third-order valence-corrected chi connectivity index (χ3v) is 2.62. The van der Waals surface area contributed by atoms with E-state index in [0.29, 0.717) is 6.42 Å². The van der Waals surface area contributed by atoms with Crippen molar-refractivity contribution in [3.8, 4) is 5.75 Å². The van der Waals surface area contributed by atoms with Gasteiger partial charge >= 0.3 is 5.97 Å². The lowest BCUT2D eigenvalue weighted by molar-refractivity contribution is -0.137. The first-order chi connectivity index (χ1) is 8.13. The minimum Gasteiger partial charge on any atom is -0.494 e. The van der Waals surface area contributed by atoms with E-state index < -0.39 is 5.97 Å². The van der Waals surface area contributed by atoms with Crippen molar-refractivity contribution >= 4 is 5.97 Å². The second-order valence-corrected chi connectivity index (χ2v) is 4.18. The van der Waals surface area contributed by atoms with Gasteiger partial charge in [0, 0.05) is 6.42 Å². The molecule has 1 N–H and O–H groups in total. The van der Waals surface area contributed by atoms with E-state index in [1.54, 1.807) is 0 Å². The topological polar surface area (TPSA) is 46.5 Å². The summed E-state index contributed by atoms with van der Waals surface area (Å²) in [6, 6.07) is 6.01. The first-order valence-corrected chi connectivity index (χ1v) is 6.07. The van der Waals surface area contributed by atoms with Crippen molar-refractivity contribution in [1.29, 1.82) is 0 Å². The van der Waals surface area contributed by atoms with Gasteiger partial charge in [-0.1, -0.05) is 13.0 Å². The van der Waals surface area contributed by atoms with Crippen LogP contribution in [0.3, 0.4) is 0 Å². The molecule has 0 radical (unpaired) electrons. The molecule has 1 aromatic carbocycles. The first-order valence-electron chi connectivity index (χ1n) is 6.07. The summed E-state index contributed by atoms with van der Waals surface area (Å²) in [5, 5.41) is 8.58. The average Bonchev–Trinajstić information content (AvgIpc) is 2.28. The molecular weight excluding hydrogens is 216 g/mol. The Morgan fingerprint density at radius 1 is 1.41 bits per heavy atom. The fourth-order valence-electron chi connectivity index (χ4n) is 1.69. The normalized spacial score (nSPS) is 10.2. The highest BCUT2D eigenvalue weighted by molar-refractivity contribution is 5.66. The Labute approximate surface area is 102 Å². The highest BCUT2D eigenvalue weighted by atomic mass is 16.5. The smallest absolute Gasteiger partial charge is 0.303 e. The molecule has 0 atom stereocenters. The maximum Gasteiger partial charge on any atom is 0.303 e. The summed E-state index contributed by atoms with van der Waals surface area (Å²) in [5.41, 5.74) is 2.37. The van der Waals surface area contributed by atoms with Gasteiger partial charge in [-0.2, -0.15) is 0 Å². The zero-order valence-electron chi connectivity index (χ0n) is 10.5. The van der Waals surface area contributed by atoms with Crippen molar-refractivity contribution in [3.05, 3.63) is 29.3 Å². The average molecular weight is 236 g/mol. The lowest BCUT2D eigenvalue weighted by Gasteiger charge is -2.09. The summed E-state index contributed by atoms with van der Waals surface area (Å²) in [4.78, 5) is 10.4. The van der Waals surface area contributed by atoms with Gasteiger partial charge in [0.15, 0.2) is 0 Å². The molecule has 0 bridgehead atoms. The zero-order chi connectivity index (χ0) is 12.7. The van der Waals surface area contributed by atoms with E-state index in [1.165, 1.54) is 11.1 Å². The Morgan fingerprint density at radius 2 is 2.18 bits per heavy atom. The van der Waals surface area contributed by atoms with Gasteiger partial charge in [-0.25, -0.2) is 0 Å². The van der Waals surface area contributed by atoms with Gasteiger partial charge in [-0.05, 0) is 49.4 Å². The highest BCUT2D eigenvalue weighted by Crippen LogP contribution is 2.19. The van der Waals surface area contributed by atoms with Crippen LogP contribution >= 0.6 is 0 Å². The van der Waals surface area contributed by atoms with Crippen LogP contribution in [0.25, 0.3) is 0 Å². The maximum atomic E-state index is 10.4. The summed E-state index contributed by atoms with van der Waals surface area (Å²) in [7, 11) is 0. The van der Waals surface area contributed by atoms with E-state index in [2.05, 4.69) is 6.92 Å². The van der Waals surface area contributed by atoms with Gasteiger partial charge in [-0.3, -0.25) is 4.79 Å². The van der Waals surface area contributed by atoms with Crippen LogP contribution in [0.5, 0.6) is 5.75 Å². The predicted molar refractivity (Wildman–Crippen MR) is 67.5 cm³/mol. The number of carbonyl (C=O) groups is 1. The Bertz CT molecular complexity index is 372. The molecule has 0 amide bonds. The molecule has 94 valence electrons. The number of carboxylic acid groups (broad SMARTS) is 1. The maximum absolute atomic E-state index is 10.4. The van der Waals surface area contributed by atoms with E-state index in [1.807, 2.05) is 25.1 Å². The number of aliphatic carboxylic acids is 1. The Morgan fingerprint density at radius 3 is 2.76 bits per heavy atom. The Kier molecular flexibility index (Phi) is 5.53. The van der Waals surface area contributed by atoms with Crippen molar-refractivity contribution in [2.24, 2.45) is 0 Å². The molecular formula is C14H20O3. The first kappa shape index (κ1) is 13.6. The molecule has 0 saturated heterocycles. The molecule has 0 aliphatic heterocycles. The van der Waals surface area contributed by atoms with Crippen LogP contribution in [0, 0.1) is 6.92 Å². The highest BCUT2D eigenvalue weighted by Gasteiger charge is 2.03. The summed E-state index contributed by atoms with van der Waals surface area (Å²) >= 11 is 0. The van der Waals surface area contributed by atoms with Crippen LogP contribution in [-0.2, 0) is 11.2 Å². The molecule has 0 aliphatic rings. The lowest BCUT2D eigenvalue weighted by Crippen LogP contribution is -1.99. The lowest BCUT2D eigenvalue weighted by atomic mass is 10.0. The number of hydrogen-bond donors (Lipinski definition) is 1. The van der Waals surface area contributed by atoms with Crippen LogP contribution in [0.1, 0.15) is 37.3 Å². The minimum atomic E-state index is -0.731. The zero-order valence-corrected chi connectivity index (χ0v) is 10.5. The molecule has 1 aromatic rings.